The van der Waals surface area contributed by atoms with Crippen LogP contribution in [-0.2, 0) is 16.6 Å². The van der Waals surface area contributed by atoms with Crippen molar-refractivity contribution in [3.63, 3.8) is 0 Å². The molecule has 0 unspecified atom stereocenters. The number of aryl methyl sites for hydroxylation is 1. The Hall–Kier alpha value is -0.183. The minimum absolute atomic E-state index is 0.0185. The summed E-state index contributed by atoms with van der Waals surface area (Å²) < 4.78 is 29.0. The van der Waals surface area contributed by atoms with Crippen molar-refractivity contribution < 1.29 is 8.42 Å². The SMILES string of the molecule is CN(C)S(=O)(=O)n1c(CCCCCCCCBr)cnc1[Si](C)(C)C(C)(C)C. The van der Waals surface area contributed by atoms with E-state index in [4.69, 9.17) is 0 Å². The average Bonchev–Trinajstić information content (AvgIpc) is 2.98. The van der Waals surface area contributed by atoms with E-state index in [2.05, 4.69) is 54.8 Å². The zero-order valence-electron chi connectivity index (χ0n) is 18.2. The van der Waals surface area contributed by atoms with E-state index in [1.54, 1.807) is 24.3 Å². The van der Waals surface area contributed by atoms with Gasteiger partial charge in [0.15, 0.2) is 0 Å². The molecule has 0 saturated carbocycles. The predicted molar refractivity (Wildman–Crippen MR) is 122 cm³/mol. The minimum Gasteiger partial charge on any atom is -0.246 e. The van der Waals surface area contributed by atoms with Gasteiger partial charge in [-0.15, -0.1) is 0 Å². The van der Waals surface area contributed by atoms with Crippen molar-refractivity contribution in [3.05, 3.63) is 11.9 Å². The molecule has 0 aliphatic rings. The maximum atomic E-state index is 13.1. The first kappa shape index (κ1) is 24.9. The van der Waals surface area contributed by atoms with Gasteiger partial charge in [0.1, 0.15) is 13.5 Å². The predicted octanol–water partition coefficient (Wildman–Crippen LogP) is 4.53. The molecule has 158 valence electrons. The van der Waals surface area contributed by atoms with Gasteiger partial charge in [-0.2, -0.15) is 12.7 Å². The van der Waals surface area contributed by atoms with E-state index < -0.39 is 18.3 Å². The van der Waals surface area contributed by atoms with Gasteiger partial charge in [0.2, 0.25) is 0 Å². The molecular weight excluding hydrogens is 442 g/mol. The fourth-order valence-electron chi connectivity index (χ4n) is 2.82. The van der Waals surface area contributed by atoms with E-state index in [0.29, 0.717) is 0 Å². The van der Waals surface area contributed by atoms with Crippen LogP contribution in [0.5, 0.6) is 0 Å². The van der Waals surface area contributed by atoms with Gasteiger partial charge < -0.3 is 0 Å². The van der Waals surface area contributed by atoms with Gasteiger partial charge in [-0.3, -0.25) is 0 Å². The quantitative estimate of drug-likeness (QED) is 0.266. The number of alkyl halides is 1. The van der Waals surface area contributed by atoms with Crippen molar-refractivity contribution in [1.29, 1.82) is 0 Å². The van der Waals surface area contributed by atoms with Crippen LogP contribution in [0.15, 0.2) is 6.20 Å². The molecule has 0 saturated heterocycles. The largest absolute Gasteiger partial charge is 0.308 e. The third-order valence-corrected chi connectivity index (χ3v) is 13.5. The monoisotopic (exact) mass is 479 g/mol. The van der Waals surface area contributed by atoms with Crippen molar-refractivity contribution in [2.75, 3.05) is 19.4 Å². The molecule has 0 atom stereocenters. The Balaban J connectivity index is 3.06. The van der Waals surface area contributed by atoms with Crippen molar-refractivity contribution >= 4 is 39.7 Å². The summed E-state index contributed by atoms with van der Waals surface area (Å²) in [5.74, 6) is 0. The lowest BCUT2D eigenvalue weighted by atomic mass is 10.1. The highest BCUT2D eigenvalue weighted by Gasteiger charge is 2.43. The number of imidazole rings is 1. The van der Waals surface area contributed by atoms with Crippen molar-refractivity contribution in [3.8, 4) is 0 Å². The van der Waals surface area contributed by atoms with Gasteiger partial charge in [0, 0.05) is 25.6 Å². The van der Waals surface area contributed by atoms with Gasteiger partial charge in [-0.25, -0.2) is 8.96 Å². The van der Waals surface area contributed by atoms with Crippen LogP contribution in [0.3, 0.4) is 0 Å². The number of hydrogen-bond acceptors (Lipinski definition) is 3. The zero-order valence-corrected chi connectivity index (χ0v) is 21.6. The Morgan fingerprint density at radius 3 is 2.07 bits per heavy atom. The molecule has 8 heteroatoms. The molecule has 27 heavy (non-hydrogen) atoms. The van der Waals surface area contributed by atoms with Crippen LogP contribution >= 0.6 is 15.9 Å². The summed E-state index contributed by atoms with van der Waals surface area (Å²) in [4.78, 5) is 4.66. The zero-order chi connectivity index (χ0) is 20.9. The van der Waals surface area contributed by atoms with E-state index in [1.807, 2.05) is 0 Å². The number of aromatic nitrogens is 2. The normalized spacial score (nSPS) is 13.5. The first-order valence-electron chi connectivity index (χ1n) is 9.93. The highest BCUT2D eigenvalue weighted by molar-refractivity contribution is 9.09. The van der Waals surface area contributed by atoms with Crippen LogP contribution in [0.25, 0.3) is 0 Å². The Kier molecular flexibility index (Phi) is 9.23. The number of hydrogen-bond donors (Lipinski definition) is 0. The lowest BCUT2D eigenvalue weighted by molar-refractivity contribution is 0.508. The molecule has 0 bridgehead atoms. The Bertz CT molecular complexity index is 694. The number of unbranched alkanes of at least 4 members (excludes halogenated alkanes) is 5. The molecule has 0 aliphatic carbocycles. The third-order valence-electron chi connectivity index (χ3n) is 5.73. The van der Waals surface area contributed by atoms with Crippen molar-refractivity contribution in [1.82, 2.24) is 13.3 Å². The van der Waals surface area contributed by atoms with Gasteiger partial charge >= 0.3 is 10.2 Å². The summed E-state index contributed by atoms with van der Waals surface area (Å²) in [5.41, 5.74) is 1.58. The first-order chi connectivity index (χ1) is 12.4. The van der Waals surface area contributed by atoms with Gasteiger partial charge in [0.05, 0.1) is 5.69 Å². The number of nitrogens with zero attached hydrogens (tertiary/aromatic N) is 3. The van der Waals surface area contributed by atoms with Crippen LogP contribution in [0.2, 0.25) is 18.1 Å². The molecule has 0 aliphatic heterocycles. The summed E-state index contributed by atoms with van der Waals surface area (Å²) in [6, 6.07) is 0. The van der Waals surface area contributed by atoms with Gasteiger partial charge in [-0.1, -0.05) is 75.5 Å². The Morgan fingerprint density at radius 2 is 1.59 bits per heavy atom. The van der Waals surface area contributed by atoms with Crippen LogP contribution in [0, 0.1) is 0 Å². The summed E-state index contributed by atoms with van der Waals surface area (Å²) in [6.45, 7) is 11.0. The topological polar surface area (TPSA) is 55.2 Å². The molecular formula is C19H38BrN3O2SSi. The second kappa shape index (κ2) is 10.0. The fourth-order valence-corrected chi connectivity index (χ4v) is 6.99. The van der Waals surface area contributed by atoms with Crippen molar-refractivity contribution in [2.45, 2.75) is 83.8 Å². The molecule has 1 aromatic rings. The van der Waals surface area contributed by atoms with Crippen LogP contribution in [-0.4, -0.2) is 49.2 Å². The molecule has 1 aromatic heterocycles. The van der Waals surface area contributed by atoms with Crippen LogP contribution in [0.1, 0.15) is 65.0 Å². The fraction of sp³-hybridized carbons (Fsp3) is 0.842. The molecule has 0 spiro atoms. The summed E-state index contributed by atoms with van der Waals surface area (Å²) in [6.07, 6.45) is 9.61. The molecule has 0 N–H and O–H groups in total. The van der Waals surface area contributed by atoms with Gasteiger partial charge in [-0.05, 0) is 24.3 Å². The summed E-state index contributed by atoms with van der Waals surface area (Å²) >= 11 is 3.47. The maximum absolute atomic E-state index is 13.1. The van der Waals surface area contributed by atoms with Crippen molar-refractivity contribution in [2.24, 2.45) is 0 Å². The average molecular weight is 481 g/mol. The smallest absolute Gasteiger partial charge is 0.246 e. The van der Waals surface area contributed by atoms with E-state index in [1.165, 1.54) is 30.0 Å². The van der Waals surface area contributed by atoms with E-state index in [9.17, 15) is 8.42 Å². The van der Waals surface area contributed by atoms with Crippen LogP contribution in [0.4, 0.5) is 0 Å². The standard InChI is InChI=1S/C19H38BrN3O2SSi/c1-19(2,3)27(6,7)18-21-16-17(23(18)26(24,25)22(4)5)14-12-10-8-9-11-13-15-20/h16H,8-15H2,1-7H3. The van der Waals surface area contributed by atoms with E-state index in [-0.39, 0.29) is 5.04 Å². The lowest BCUT2D eigenvalue weighted by Crippen LogP contribution is -2.56. The Morgan fingerprint density at radius 1 is 1.07 bits per heavy atom. The number of halogens is 1. The highest BCUT2D eigenvalue weighted by Crippen LogP contribution is 2.35. The number of rotatable bonds is 11. The maximum Gasteiger partial charge on any atom is 0.308 e. The molecule has 1 rings (SSSR count). The highest BCUT2D eigenvalue weighted by atomic mass is 79.9. The van der Waals surface area contributed by atoms with E-state index in [0.717, 1.165) is 35.7 Å². The molecule has 0 fully saturated rings. The second-order valence-electron chi connectivity index (χ2n) is 9.06. The van der Waals surface area contributed by atoms with E-state index >= 15 is 0 Å². The summed E-state index contributed by atoms with van der Waals surface area (Å²) in [5, 5.41) is 1.09. The molecule has 0 radical (unpaired) electrons. The summed E-state index contributed by atoms with van der Waals surface area (Å²) in [7, 11) is -2.47. The molecule has 1 heterocycles. The second-order valence-corrected chi connectivity index (χ2v) is 17.0. The molecule has 0 aromatic carbocycles. The van der Waals surface area contributed by atoms with Crippen LogP contribution < -0.4 is 5.45 Å². The lowest BCUT2D eigenvalue weighted by Gasteiger charge is -2.36. The molecule has 0 amide bonds. The Labute approximate surface area is 176 Å². The minimum atomic E-state index is -3.58. The third kappa shape index (κ3) is 6.15. The van der Waals surface area contributed by atoms with Gasteiger partial charge in [0.25, 0.3) is 0 Å². The molecule has 5 nitrogen and oxygen atoms in total. The first-order valence-corrected chi connectivity index (χ1v) is 15.4.